The van der Waals surface area contributed by atoms with Crippen molar-refractivity contribution in [1.82, 2.24) is 15.0 Å². The summed E-state index contributed by atoms with van der Waals surface area (Å²) in [6.07, 6.45) is 5.27. The van der Waals surface area contributed by atoms with Crippen molar-refractivity contribution in [1.29, 1.82) is 0 Å². The summed E-state index contributed by atoms with van der Waals surface area (Å²) in [6.45, 7) is 0. The van der Waals surface area contributed by atoms with E-state index in [-0.39, 0.29) is 0 Å². The average molecular weight is 257 g/mol. The molecule has 0 saturated heterocycles. The van der Waals surface area contributed by atoms with Gasteiger partial charge in [0.15, 0.2) is 3.83 Å². The Morgan fingerprint density at radius 3 is 3.09 bits per heavy atom. The molecule has 0 N–H and O–H groups in total. The minimum absolute atomic E-state index is 0.753. The fourth-order valence-electron chi connectivity index (χ4n) is 0.851. The standard InChI is InChI=1S/C7H4IN3/c8-7-10-3-5-1-2-9-4-6(5)11-7/h1-4H. The van der Waals surface area contributed by atoms with Gasteiger partial charge in [-0.05, 0) is 6.07 Å². The summed E-state index contributed by atoms with van der Waals surface area (Å²) in [6, 6.07) is 1.89. The van der Waals surface area contributed by atoms with Gasteiger partial charge in [-0.25, -0.2) is 9.97 Å². The van der Waals surface area contributed by atoms with E-state index in [1.807, 2.05) is 6.07 Å². The van der Waals surface area contributed by atoms with Crippen LogP contribution >= 0.6 is 22.6 Å². The zero-order valence-corrected chi connectivity index (χ0v) is 7.69. The maximum atomic E-state index is 4.19. The van der Waals surface area contributed by atoms with Crippen LogP contribution in [0.2, 0.25) is 0 Å². The normalized spacial score (nSPS) is 10.3. The molecule has 0 aliphatic carbocycles. The van der Waals surface area contributed by atoms with E-state index in [1.165, 1.54) is 0 Å². The van der Waals surface area contributed by atoms with Gasteiger partial charge < -0.3 is 0 Å². The van der Waals surface area contributed by atoms with E-state index in [2.05, 4.69) is 37.5 Å². The lowest BCUT2D eigenvalue weighted by molar-refractivity contribution is 1.14. The summed E-state index contributed by atoms with van der Waals surface area (Å²) in [5, 5.41) is 1.03. The van der Waals surface area contributed by atoms with Gasteiger partial charge in [0, 0.05) is 40.4 Å². The second-order valence-electron chi connectivity index (χ2n) is 2.07. The number of hydrogen-bond acceptors (Lipinski definition) is 3. The number of rotatable bonds is 0. The van der Waals surface area contributed by atoms with Gasteiger partial charge in [-0.3, -0.25) is 4.98 Å². The molecule has 54 valence electrons. The molecule has 2 aromatic heterocycles. The van der Waals surface area contributed by atoms with E-state index in [0.29, 0.717) is 0 Å². The third kappa shape index (κ3) is 1.30. The monoisotopic (exact) mass is 257 g/mol. The van der Waals surface area contributed by atoms with Crippen LogP contribution in [0.5, 0.6) is 0 Å². The number of hydrogen-bond donors (Lipinski definition) is 0. The Morgan fingerprint density at radius 1 is 1.27 bits per heavy atom. The fourth-order valence-corrected chi connectivity index (χ4v) is 1.25. The quantitative estimate of drug-likeness (QED) is 0.531. The molecule has 0 atom stereocenters. The Labute approximate surface area is 77.0 Å². The van der Waals surface area contributed by atoms with Crippen molar-refractivity contribution in [3.8, 4) is 0 Å². The topological polar surface area (TPSA) is 38.7 Å². The molecule has 0 aliphatic rings. The summed E-state index contributed by atoms with van der Waals surface area (Å²) in [7, 11) is 0. The van der Waals surface area contributed by atoms with E-state index in [9.17, 15) is 0 Å². The maximum Gasteiger partial charge on any atom is 0.191 e. The van der Waals surface area contributed by atoms with Crippen molar-refractivity contribution in [3.63, 3.8) is 0 Å². The summed E-state index contributed by atoms with van der Waals surface area (Å²) in [4.78, 5) is 12.2. The highest BCUT2D eigenvalue weighted by Crippen LogP contribution is 2.08. The maximum absolute atomic E-state index is 4.19. The first kappa shape index (κ1) is 6.90. The second-order valence-corrected chi connectivity index (χ2v) is 3.04. The highest BCUT2D eigenvalue weighted by Gasteiger charge is 1.94. The number of halogens is 1. The van der Waals surface area contributed by atoms with Crippen molar-refractivity contribution >= 4 is 33.5 Å². The van der Waals surface area contributed by atoms with Crippen LogP contribution in [-0.4, -0.2) is 15.0 Å². The van der Waals surface area contributed by atoms with Crippen LogP contribution in [0.15, 0.2) is 24.7 Å². The Kier molecular flexibility index (Phi) is 1.69. The molecule has 0 aromatic carbocycles. The van der Waals surface area contributed by atoms with Crippen LogP contribution in [0.3, 0.4) is 0 Å². The molecule has 0 amide bonds. The van der Waals surface area contributed by atoms with Crippen molar-refractivity contribution in [2.45, 2.75) is 0 Å². The highest BCUT2D eigenvalue weighted by molar-refractivity contribution is 14.1. The molecule has 11 heavy (non-hydrogen) atoms. The fraction of sp³-hybridized carbons (Fsp3) is 0. The summed E-state index contributed by atoms with van der Waals surface area (Å²) >= 11 is 2.08. The number of pyridine rings is 1. The molecule has 0 bridgehead atoms. The van der Waals surface area contributed by atoms with Crippen LogP contribution in [0.1, 0.15) is 0 Å². The molecule has 0 unspecified atom stereocenters. The molecule has 4 heteroatoms. The molecule has 3 nitrogen and oxygen atoms in total. The van der Waals surface area contributed by atoms with Crippen LogP contribution in [0.25, 0.3) is 10.9 Å². The third-order valence-electron chi connectivity index (χ3n) is 1.36. The Bertz CT molecular complexity index is 388. The molecule has 0 radical (unpaired) electrons. The van der Waals surface area contributed by atoms with E-state index < -0.39 is 0 Å². The van der Waals surface area contributed by atoms with Gasteiger partial charge >= 0.3 is 0 Å². The third-order valence-corrected chi connectivity index (χ3v) is 1.88. The first-order valence-electron chi connectivity index (χ1n) is 3.08. The minimum Gasteiger partial charge on any atom is -0.262 e. The predicted molar refractivity (Wildman–Crippen MR) is 50.1 cm³/mol. The number of fused-ring (bicyclic) bond motifs is 1. The highest BCUT2D eigenvalue weighted by atomic mass is 127. The van der Waals surface area contributed by atoms with Gasteiger partial charge in [0.1, 0.15) is 0 Å². The van der Waals surface area contributed by atoms with Crippen LogP contribution in [-0.2, 0) is 0 Å². The molecule has 0 saturated carbocycles. The van der Waals surface area contributed by atoms with Gasteiger partial charge in [0.25, 0.3) is 0 Å². The molecular formula is C7H4IN3. The van der Waals surface area contributed by atoms with E-state index in [4.69, 9.17) is 0 Å². The lowest BCUT2D eigenvalue weighted by Gasteiger charge is -1.93. The zero-order valence-electron chi connectivity index (χ0n) is 5.53. The molecular weight excluding hydrogens is 253 g/mol. The molecule has 0 aliphatic heterocycles. The largest absolute Gasteiger partial charge is 0.262 e. The van der Waals surface area contributed by atoms with Crippen molar-refractivity contribution in [2.75, 3.05) is 0 Å². The predicted octanol–water partition coefficient (Wildman–Crippen LogP) is 1.63. The number of aromatic nitrogens is 3. The SMILES string of the molecule is Ic1ncc2ccncc2n1. The molecule has 2 aromatic rings. The van der Waals surface area contributed by atoms with E-state index in [1.54, 1.807) is 18.6 Å². The summed E-state index contributed by atoms with van der Waals surface area (Å²) < 4.78 is 0.753. The molecule has 0 spiro atoms. The smallest absolute Gasteiger partial charge is 0.191 e. The van der Waals surface area contributed by atoms with Crippen LogP contribution in [0, 0.1) is 3.83 Å². The molecule has 0 fully saturated rings. The number of nitrogens with zero attached hydrogens (tertiary/aromatic N) is 3. The second kappa shape index (κ2) is 2.69. The Balaban J connectivity index is 2.83. The lowest BCUT2D eigenvalue weighted by Crippen LogP contribution is -1.87. The van der Waals surface area contributed by atoms with Crippen molar-refractivity contribution in [3.05, 3.63) is 28.5 Å². The van der Waals surface area contributed by atoms with Gasteiger partial charge in [-0.15, -0.1) is 0 Å². The van der Waals surface area contributed by atoms with Crippen LogP contribution in [0.4, 0.5) is 0 Å². The van der Waals surface area contributed by atoms with Gasteiger partial charge in [-0.1, -0.05) is 0 Å². The van der Waals surface area contributed by atoms with Crippen molar-refractivity contribution < 1.29 is 0 Å². The molecule has 2 rings (SSSR count). The summed E-state index contributed by atoms with van der Waals surface area (Å²) in [5.41, 5.74) is 0.895. The Hall–Kier alpha value is -0.780. The van der Waals surface area contributed by atoms with E-state index in [0.717, 1.165) is 14.7 Å². The van der Waals surface area contributed by atoms with E-state index >= 15 is 0 Å². The average Bonchev–Trinajstić information content (AvgIpc) is 2.04. The summed E-state index contributed by atoms with van der Waals surface area (Å²) in [5.74, 6) is 0. The van der Waals surface area contributed by atoms with Gasteiger partial charge in [0.2, 0.25) is 0 Å². The minimum atomic E-state index is 0.753. The van der Waals surface area contributed by atoms with Gasteiger partial charge in [-0.2, -0.15) is 0 Å². The van der Waals surface area contributed by atoms with Crippen LogP contribution < -0.4 is 0 Å². The zero-order chi connectivity index (χ0) is 7.68. The molecule has 2 heterocycles. The van der Waals surface area contributed by atoms with Gasteiger partial charge in [0.05, 0.1) is 11.7 Å². The lowest BCUT2D eigenvalue weighted by atomic mass is 10.3. The Morgan fingerprint density at radius 2 is 2.18 bits per heavy atom. The first-order chi connectivity index (χ1) is 5.36. The van der Waals surface area contributed by atoms with Crippen molar-refractivity contribution in [2.24, 2.45) is 0 Å². The first-order valence-corrected chi connectivity index (χ1v) is 4.16.